The maximum absolute atomic E-state index is 14.9. The number of sulfone groups is 1. The molecule has 0 fully saturated rings. The second-order valence-electron chi connectivity index (χ2n) is 8.04. The molecule has 36 heavy (non-hydrogen) atoms. The van der Waals surface area contributed by atoms with E-state index < -0.39 is 44.7 Å². The van der Waals surface area contributed by atoms with E-state index in [-0.39, 0.29) is 22.0 Å². The second-order valence-corrected chi connectivity index (χ2v) is 10.1. The molecule has 0 bridgehead atoms. The molecule has 0 saturated heterocycles. The van der Waals surface area contributed by atoms with Crippen molar-refractivity contribution in [3.05, 3.63) is 83.9 Å². The van der Waals surface area contributed by atoms with E-state index in [9.17, 15) is 31.1 Å². The van der Waals surface area contributed by atoms with Gasteiger partial charge in [-0.15, -0.1) is 0 Å². The Kier molecular flexibility index (Phi) is 6.58. The molecule has 1 unspecified atom stereocenters. The fourth-order valence-corrected chi connectivity index (χ4v) is 4.19. The summed E-state index contributed by atoms with van der Waals surface area (Å²) in [6.07, 6.45) is -3.18. The van der Waals surface area contributed by atoms with Crippen LogP contribution in [0.25, 0.3) is 22.5 Å². The van der Waals surface area contributed by atoms with Crippen molar-refractivity contribution in [1.29, 1.82) is 0 Å². The molecule has 4 rings (SSSR count). The Balaban J connectivity index is 1.82. The molecule has 0 aliphatic heterocycles. The van der Waals surface area contributed by atoms with Gasteiger partial charge in [0.05, 0.1) is 27.5 Å². The monoisotopic (exact) mass is 520 g/mol. The van der Waals surface area contributed by atoms with Crippen LogP contribution >= 0.6 is 0 Å². The number of hydrogen-bond acceptors (Lipinski definition) is 6. The minimum absolute atomic E-state index is 0.0373. The SMILES string of the molecule is Cn1ccc(-c2cc(C(O)Nc3cc(S(C)(=O)=O)cnc3-c3ccccc3)c(F)cc2C(F)(F)F)n1. The highest BCUT2D eigenvalue weighted by Crippen LogP contribution is 2.39. The van der Waals surface area contributed by atoms with E-state index in [1.165, 1.54) is 30.1 Å². The highest BCUT2D eigenvalue weighted by Gasteiger charge is 2.36. The van der Waals surface area contributed by atoms with Crippen molar-refractivity contribution in [2.24, 2.45) is 7.05 Å². The lowest BCUT2D eigenvalue weighted by atomic mass is 9.99. The lowest BCUT2D eigenvalue weighted by Gasteiger charge is -2.20. The summed E-state index contributed by atoms with van der Waals surface area (Å²) in [7, 11) is -2.17. The van der Waals surface area contributed by atoms with E-state index in [2.05, 4.69) is 15.4 Å². The van der Waals surface area contributed by atoms with Crippen LogP contribution in [0.3, 0.4) is 0 Å². The number of rotatable bonds is 6. The first-order valence-corrected chi connectivity index (χ1v) is 12.3. The van der Waals surface area contributed by atoms with Crippen LogP contribution in [0.15, 0.2) is 71.9 Å². The van der Waals surface area contributed by atoms with Crippen LogP contribution in [0.4, 0.5) is 23.2 Å². The standard InChI is InChI=1S/C24H20F4N4O3S/c1-32-9-8-20(31-32)16-11-17(19(25)12-18(16)24(26,27)28)23(33)30-21-10-15(36(2,34)35)13-29-22(21)14-6-4-3-5-7-14/h3-13,23,30,33H,1-2H3. The molecule has 12 heteroatoms. The third kappa shape index (κ3) is 5.24. The lowest BCUT2D eigenvalue weighted by Crippen LogP contribution is -2.16. The van der Waals surface area contributed by atoms with Crippen LogP contribution in [-0.4, -0.2) is 34.5 Å². The molecule has 0 aliphatic rings. The molecule has 7 nitrogen and oxygen atoms in total. The van der Waals surface area contributed by atoms with Gasteiger partial charge in [-0.05, 0) is 24.3 Å². The van der Waals surface area contributed by atoms with Crippen LogP contribution in [0, 0.1) is 5.82 Å². The number of benzene rings is 2. The fourth-order valence-electron chi connectivity index (χ4n) is 3.61. The van der Waals surface area contributed by atoms with Crippen LogP contribution in [0.2, 0.25) is 0 Å². The van der Waals surface area contributed by atoms with Crippen LogP contribution < -0.4 is 5.32 Å². The fraction of sp³-hybridized carbons (Fsp3) is 0.167. The predicted octanol–water partition coefficient (Wildman–Crippen LogP) is 4.81. The van der Waals surface area contributed by atoms with Crippen molar-refractivity contribution in [2.45, 2.75) is 17.3 Å². The van der Waals surface area contributed by atoms with Crippen molar-refractivity contribution < 1.29 is 31.1 Å². The van der Waals surface area contributed by atoms with Gasteiger partial charge in [0, 0.05) is 42.4 Å². The number of pyridine rings is 1. The zero-order valence-electron chi connectivity index (χ0n) is 19.0. The van der Waals surface area contributed by atoms with Crippen molar-refractivity contribution in [3.8, 4) is 22.5 Å². The minimum atomic E-state index is -4.88. The van der Waals surface area contributed by atoms with E-state index in [4.69, 9.17) is 0 Å². The molecule has 0 aliphatic carbocycles. The summed E-state index contributed by atoms with van der Waals surface area (Å²) < 4.78 is 81.3. The Labute approximate surface area is 204 Å². The highest BCUT2D eigenvalue weighted by atomic mass is 32.2. The molecule has 2 N–H and O–H groups in total. The van der Waals surface area contributed by atoms with Crippen molar-refractivity contribution in [1.82, 2.24) is 14.8 Å². The average molecular weight is 521 g/mol. The number of alkyl halides is 3. The number of nitrogens with one attached hydrogen (secondary N) is 1. The Bertz CT molecular complexity index is 1520. The number of nitrogens with zero attached hydrogens (tertiary/aromatic N) is 3. The van der Waals surface area contributed by atoms with Gasteiger partial charge in [-0.2, -0.15) is 18.3 Å². The number of aliphatic hydroxyl groups excluding tert-OH is 1. The highest BCUT2D eigenvalue weighted by molar-refractivity contribution is 7.90. The van der Waals surface area contributed by atoms with E-state index in [0.717, 1.165) is 18.5 Å². The maximum Gasteiger partial charge on any atom is 0.417 e. The normalized spacial score (nSPS) is 13.0. The first-order valence-electron chi connectivity index (χ1n) is 10.5. The Hall–Kier alpha value is -3.77. The lowest BCUT2D eigenvalue weighted by molar-refractivity contribution is -0.137. The van der Waals surface area contributed by atoms with E-state index in [1.807, 2.05) is 0 Å². The molecule has 0 saturated carbocycles. The molecule has 0 amide bonds. The number of anilines is 1. The average Bonchev–Trinajstić information content (AvgIpc) is 3.24. The van der Waals surface area contributed by atoms with Gasteiger partial charge in [-0.3, -0.25) is 9.67 Å². The Morgan fingerprint density at radius 3 is 2.36 bits per heavy atom. The minimum Gasteiger partial charge on any atom is -0.369 e. The van der Waals surface area contributed by atoms with Crippen LogP contribution in [0.5, 0.6) is 0 Å². The number of aliphatic hydroxyl groups is 1. The smallest absolute Gasteiger partial charge is 0.369 e. The number of hydrogen-bond donors (Lipinski definition) is 2. The number of aromatic nitrogens is 3. The van der Waals surface area contributed by atoms with E-state index >= 15 is 0 Å². The summed E-state index contributed by atoms with van der Waals surface area (Å²) in [5.74, 6) is -1.31. The molecule has 4 aromatic rings. The summed E-state index contributed by atoms with van der Waals surface area (Å²) in [5, 5.41) is 17.4. The van der Waals surface area contributed by atoms with Crippen molar-refractivity contribution in [2.75, 3.05) is 11.6 Å². The predicted molar refractivity (Wildman–Crippen MR) is 125 cm³/mol. The molecule has 2 heterocycles. The summed E-state index contributed by atoms with van der Waals surface area (Å²) in [4.78, 5) is 4.02. The van der Waals surface area contributed by atoms with Crippen molar-refractivity contribution >= 4 is 15.5 Å². The van der Waals surface area contributed by atoms with Gasteiger partial charge in [-0.1, -0.05) is 30.3 Å². The molecular weight excluding hydrogens is 500 g/mol. The number of halogens is 4. The zero-order valence-corrected chi connectivity index (χ0v) is 19.8. The first kappa shape index (κ1) is 25.3. The molecule has 2 aromatic heterocycles. The van der Waals surface area contributed by atoms with Gasteiger partial charge in [0.25, 0.3) is 0 Å². The number of aryl methyl sites for hydroxylation is 1. The third-order valence-electron chi connectivity index (χ3n) is 5.36. The van der Waals surface area contributed by atoms with Gasteiger partial charge in [0.15, 0.2) is 16.1 Å². The molecule has 0 radical (unpaired) electrons. The maximum atomic E-state index is 14.9. The quantitative estimate of drug-likeness (QED) is 0.280. The van der Waals surface area contributed by atoms with E-state index in [0.29, 0.717) is 11.6 Å². The topological polar surface area (TPSA) is 97.1 Å². The van der Waals surface area contributed by atoms with Gasteiger partial charge in [0.2, 0.25) is 0 Å². The third-order valence-corrected chi connectivity index (χ3v) is 6.44. The molecule has 1 atom stereocenters. The molecule has 2 aromatic carbocycles. The van der Waals surface area contributed by atoms with Crippen LogP contribution in [-0.2, 0) is 23.1 Å². The van der Waals surface area contributed by atoms with Gasteiger partial charge in [-0.25, -0.2) is 12.8 Å². The first-order chi connectivity index (χ1) is 16.8. The van der Waals surface area contributed by atoms with Crippen LogP contribution in [0.1, 0.15) is 17.4 Å². The van der Waals surface area contributed by atoms with Gasteiger partial charge in [0.1, 0.15) is 5.82 Å². The van der Waals surface area contributed by atoms with Gasteiger partial charge >= 0.3 is 6.18 Å². The van der Waals surface area contributed by atoms with Gasteiger partial charge < -0.3 is 10.4 Å². The summed E-state index contributed by atoms with van der Waals surface area (Å²) >= 11 is 0. The zero-order chi connectivity index (χ0) is 26.3. The second kappa shape index (κ2) is 9.36. The Morgan fingerprint density at radius 1 is 1.08 bits per heavy atom. The summed E-state index contributed by atoms with van der Waals surface area (Å²) in [6, 6.07) is 12.3. The molecule has 188 valence electrons. The molecular formula is C24H20F4N4O3S. The van der Waals surface area contributed by atoms with Crippen molar-refractivity contribution in [3.63, 3.8) is 0 Å². The molecule has 0 spiro atoms. The summed E-state index contributed by atoms with van der Waals surface area (Å²) in [6.45, 7) is 0. The largest absolute Gasteiger partial charge is 0.417 e. The van der Waals surface area contributed by atoms with E-state index in [1.54, 1.807) is 30.3 Å². The Morgan fingerprint density at radius 2 is 1.78 bits per heavy atom. The summed E-state index contributed by atoms with van der Waals surface area (Å²) in [5.41, 5.74) is -1.38.